The minimum atomic E-state index is -0.458. The van der Waals surface area contributed by atoms with Crippen LogP contribution in [0.1, 0.15) is 39.5 Å². The van der Waals surface area contributed by atoms with E-state index in [2.05, 4.69) is 19.2 Å². The van der Waals surface area contributed by atoms with E-state index in [9.17, 15) is 10.1 Å². The number of halogens is 1. The molecular weight excluding hydrogens is 276 g/mol. The fourth-order valence-electron chi connectivity index (χ4n) is 2.91. The van der Waals surface area contributed by atoms with Gasteiger partial charge in [-0.15, -0.1) is 0 Å². The Morgan fingerprint density at radius 2 is 1.95 bits per heavy atom. The third kappa shape index (κ3) is 3.63. The summed E-state index contributed by atoms with van der Waals surface area (Å²) in [7, 11) is 0. The van der Waals surface area contributed by atoms with Gasteiger partial charge in [0.25, 0.3) is 5.69 Å². The minimum absolute atomic E-state index is 0.0410. The summed E-state index contributed by atoms with van der Waals surface area (Å²) in [5, 5.41) is 14.4. The zero-order valence-corrected chi connectivity index (χ0v) is 12.7. The molecule has 1 aliphatic rings. The van der Waals surface area contributed by atoms with E-state index in [-0.39, 0.29) is 10.7 Å². The Kier molecular flexibility index (Phi) is 4.86. The first-order chi connectivity index (χ1) is 9.47. The quantitative estimate of drug-likeness (QED) is 0.636. The fraction of sp³-hybridized carbons (Fsp3) is 0.600. The Labute approximate surface area is 124 Å². The number of hydrogen-bond donors (Lipinski definition) is 1. The number of nitro groups is 1. The van der Waals surface area contributed by atoms with Crippen LogP contribution in [0.25, 0.3) is 0 Å². The normalized spacial score (nSPS) is 22.8. The molecule has 0 spiro atoms. The molecule has 0 heterocycles. The van der Waals surface area contributed by atoms with Crippen LogP contribution in [0.2, 0.25) is 5.02 Å². The van der Waals surface area contributed by atoms with Crippen molar-refractivity contribution in [3.8, 4) is 0 Å². The molecule has 0 atom stereocenters. The molecule has 1 saturated carbocycles. The van der Waals surface area contributed by atoms with E-state index in [1.54, 1.807) is 12.1 Å². The molecule has 1 aromatic rings. The molecule has 0 saturated heterocycles. The van der Waals surface area contributed by atoms with Crippen LogP contribution in [0, 0.1) is 22.0 Å². The molecule has 1 fully saturated rings. The zero-order valence-electron chi connectivity index (χ0n) is 11.9. The highest BCUT2D eigenvalue weighted by atomic mass is 35.5. The summed E-state index contributed by atoms with van der Waals surface area (Å²) in [6.07, 6.45) is 4.79. The highest BCUT2D eigenvalue weighted by Gasteiger charge is 2.23. The molecule has 20 heavy (non-hydrogen) atoms. The van der Waals surface area contributed by atoms with Crippen molar-refractivity contribution in [2.75, 3.05) is 5.32 Å². The SMILES string of the molecule is CC(C)C1CCC(Nc2ccc([N+](=O)[O-])c(Cl)c2)CC1. The average molecular weight is 297 g/mol. The molecule has 4 nitrogen and oxygen atoms in total. The highest BCUT2D eigenvalue weighted by Crippen LogP contribution is 2.33. The molecule has 0 bridgehead atoms. The number of nitrogens with one attached hydrogen (secondary N) is 1. The predicted octanol–water partition coefficient (Wildman–Crippen LogP) is 4.87. The Morgan fingerprint density at radius 1 is 1.30 bits per heavy atom. The van der Waals surface area contributed by atoms with Crippen molar-refractivity contribution in [3.05, 3.63) is 33.3 Å². The summed E-state index contributed by atoms with van der Waals surface area (Å²) >= 11 is 5.93. The van der Waals surface area contributed by atoms with E-state index in [1.165, 1.54) is 18.9 Å². The summed E-state index contributed by atoms with van der Waals surface area (Å²) in [6, 6.07) is 5.29. The smallest absolute Gasteiger partial charge is 0.288 e. The second-order valence-electron chi connectivity index (χ2n) is 5.92. The van der Waals surface area contributed by atoms with E-state index in [4.69, 9.17) is 11.6 Å². The van der Waals surface area contributed by atoms with Gasteiger partial charge in [-0.3, -0.25) is 10.1 Å². The standard InChI is InChI=1S/C15H21ClN2O2/c1-10(2)11-3-5-12(6-4-11)17-13-7-8-15(18(19)20)14(16)9-13/h7-12,17H,3-6H2,1-2H3. The van der Waals surface area contributed by atoms with Gasteiger partial charge in [-0.1, -0.05) is 25.4 Å². The van der Waals surface area contributed by atoms with Gasteiger partial charge in [0.1, 0.15) is 5.02 Å². The average Bonchev–Trinajstić information content (AvgIpc) is 2.39. The van der Waals surface area contributed by atoms with Crippen molar-refractivity contribution < 1.29 is 4.92 Å². The molecule has 0 radical (unpaired) electrons. The van der Waals surface area contributed by atoms with E-state index in [0.717, 1.165) is 30.4 Å². The van der Waals surface area contributed by atoms with Crippen molar-refractivity contribution in [3.63, 3.8) is 0 Å². The van der Waals surface area contributed by atoms with Crippen molar-refractivity contribution in [1.29, 1.82) is 0 Å². The summed E-state index contributed by atoms with van der Waals surface area (Å²) in [4.78, 5) is 10.3. The largest absolute Gasteiger partial charge is 0.382 e. The monoisotopic (exact) mass is 296 g/mol. The maximum atomic E-state index is 10.7. The van der Waals surface area contributed by atoms with Gasteiger partial charge in [-0.2, -0.15) is 0 Å². The molecule has 0 unspecified atom stereocenters. The lowest BCUT2D eigenvalue weighted by molar-refractivity contribution is -0.384. The molecule has 1 N–H and O–H groups in total. The first-order valence-electron chi connectivity index (χ1n) is 7.18. The van der Waals surface area contributed by atoms with Gasteiger partial charge in [0, 0.05) is 17.8 Å². The van der Waals surface area contributed by atoms with Gasteiger partial charge in [0.2, 0.25) is 0 Å². The lowest BCUT2D eigenvalue weighted by Gasteiger charge is -2.31. The van der Waals surface area contributed by atoms with Crippen LogP contribution < -0.4 is 5.32 Å². The molecule has 0 amide bonds. The molecular formula is C15H21ClN2O2. The van der Waals surface area contributed by atoms with Crippen LogP contribution in [0.5, 0.6) is 0 Å². The molecule has 0 aromatic heterocycles. The van der Waals surface area contributed by atoms with Crippen molar-refractivity contribution in [2.24, 2.45) is 11.8 Å². The summed E-state index contributed by atoms with van der Waals surface area (Å²) < 4.78 is 0. The maximum absolute atomic E-state index is 10.7. The number of nitrogens with zero attached hydrogens (tertiary/aromatic N) is 1. The van der Waals surface area contributed by atoms with Crippen LogP contribution in [-0.2, 0) is 0 Å². The third-order valence-electron chi connectivity index (χ3n) is 4.23. The van der Waals surface area contributed by atoms with Gasteiger partial charge >= 0.3 is 0 Å². The van der Waals surface area contributed by atoms with E-state index in [0.29, 0.717) is 6.04 Å². The number of nitro benzene ring substituents is 1. The van der Waals surface area contributed by atoms with E-state index in [1.807, 2.05) is 0 Å². The van der Waals surface area contributed by atoms with Crippen LogP contribution >= 0.6 is 11.6 Å². The third-order valence-corrected chi connectivity index (χ3v) is 4.53. The first kappa shape index (κ1) is 15.1. The van der Waals surface area contributed by atoms with Crippen LogP contribution in [0.4, 0.5) is 11.4 Å². The number of anilines is 1. The van der Waals surface area contributed by atoms with Gasteiger partial charge in [0.05, 0.1) is 4.92 Å². The summed E-state index contributed by atoms with van der Waals surface area (Å²) in [5.74, 6) is 1.58. The number of benzene rings is 1. The number of hydrogen-bond acceptors (Lipinski definition) is 3. The lowest BCUT2D eigenvalue weighted by Crippen LogP contribution is -2.27. The van der Waals surface area contributed by atoms with Crippen molar-refractivity contribution in [1.82, 2.24) is 0 Å². The van der Waals surface area contributed by atoms with Gasteiger partial charge in [-0.25, -0.2) is 0 Å². The molecule has 5 heteroatoms. The van der Waals surface area contributed by atoms with Crippen molar-refractivity contribution >= 4 is 23.0 Å². The second-order valence-corrected chi connectivity index (χ2v) is 6.33. The second kappa shape index (κ2) is 6.44. The first-order valence-corrected chi connectivity index (χ1v) is 7.55. The summed E-state index contributed by atoms with van der Waals surface area (Å²) in [5.41, 5.74) is 0.828. The Hall–Kier alpha value is -1.29. The van der Waals surface area contributed by atoms with E-state index >= 15 is 0 Å². The Bertz CT molecular complexity index is 483. The number of rotatable bonds is 4. The maximum Gasteiger partial charge on any atom is 0.288 e. The lowest BCUT2D eigenvalue weighted by atomic mass is 9.79. The van der Waals surface area contributed by atoms with Crippen molar-refractivity contribution in [2.45, 2.75) is 45.6 Å². The fourth-order valence-corrected chi connectivity index (χ4v) is 3.16. The van der Waals surface area contributed by atoms with Gasteiger partial charge < -0.3 is 5.32 Å². The Morgan fingerprint density at radius 3 is 2.45 bits per heavy atom. The predicted molar refractivity (Wildman–Crippen MR) is 82.3 cm³/mol. The van der Waals surface area contributed by atoms with Crippen LogP contribution in [0.15, 0.2) is 18.2 Å². The molecule has 110 valence electrons. The van der Waals surface area contributed by atoms with E-state index < -0.39 is 4.92 Å². The van der Waals surface area contributed by atoms with Gasteiger partial charge in [0.15, 0.2) is 0 Å². The molecule has 1 aliphatic carbocycles. The molecule has 0 aliphatic heterocycles. The molecule has 1 aromatic carbocycles. The minimum Gasteiger partial charge on any atom is -0.382 e. The highest BCUT2D eigenvalue weighted by molar-refractivity contribution is 6.32. The topological polar surface area (TPSA) is 55.2 Å². The summed E-state index contributed by atoms with van der Waals surface area (Å²) in [6.45, 7) is 4.57. The zero-order chi connectivity index (χ0) is 14.7. The van der Waals surface area contributed by atoms with Gasteiger partial charge in [-0.05, 0) is 49.7 Å². The molecule has 2 rings (SSSR count). The van der Waals surface area contributed by atoms with Crippen LogP contribution in [0.3, 0.4) is 0 Å². The Balaban J connectivity index is 1.95. The van der Waals surface area contributed by atoms with Crippen LogP contribution in [-0.4, -0.2) is 11.0 Å².